The first-order valence-electron chi connectivity index (χ1n) is 12.6. The van der Waals surface area contributed by atoms with Crippen molar-refractivity contribution in [1.29, 1.82) is 0 Å². The lowest BCUT2D eigenvalue weighted by Crippen LogP contribution is -2.29. The second-order valence-corrected chi connectivity index (χ2v) is 9.30. The third-order valence-corrected chi connectivity index (χ3v) is 6.86. The molecule has 1 aliphatic rings. The molecule has 1 saturated heterocycles. The number of ether oxygens (including phenoxy) is 2. The summed E-state index contributed by atoms with van der Waals surface area (Å²) in [7, 11) is 1.57. The van der Waals surface area contributed by atoms with Crippen LogP contribution in [-0.4, -0.2) is 33.8 Å². The predicted octanol–water partition coefficient (Wildman–Crippen LogP) is 5.60. The highest BCUT2D eigenvalue weighted by Gasteiger charge is 2.46. The summed E-state index contributed by atoms with van der Waals surface area (Å²) in [6.07, 6.45) is 3.27. The van der Waals surface area contributed by atoms with E-state index in [-0.39, 0.29) is 17.9 Å². The molecule has 2 heterocycles. The number of pyridine rings is 1. The number of carbonyl (C=O) groups is 2. The first-order valence-corrected chi connectivity index (χ1v) is 12.6. The molecule has 4 aromatic rings. The van der Waals surface area contributed by atoms with Gasteiger partial charge in [0.05, 0.1) is 18.7 Å². The van der Waals surface area contributed by atoms with Gasteiger partial charge < -0.3 is 19.5 Å². The number of aryl methyl sites for hydroxylation is 1. The standard InChI is InChI=1S/C32H28N2O5/c1-21-5-3-4-6-25(21)20-39-27-13-9-24(10-14-27)30(35)28-29(23-7-11-26(38-2)12-8-23)34(32(37)31(28)36)19-22-15-17-33-18-16-22/h3-18,29,35H,19-20H2,1-2H3. The summed E-state index contributed by atoms with van der Waals surface area (Å²) >= 11 is 0. The van der Waals surface area contributed by atoms with Crippen molar-refractivity contribution < 1.29 is 24.2 Å². The zero-order chi connectivity index (χ0) is 27.4. The Kier molecular flexibility index (Phi) is 7.41. The van der Waals surface area contributed by atoms with E-state index >= 15 is 0 Å². The molecule has 1 aliphatic heterocycles. The average Bonchev–Trinajstić information content (AvgIpc) is 3.22. The van der Waals surface area contributed by atoms with Crippen molar-refractivity contribution in [3.8, 4) is 11.5 Å². The van der Waals surface area contributed by atoms with Crippen LogP contribution in [0.1, 0.15) is 33.9 Å². The zero-order valence-corrected chi connectivity index (χ0v) is 21.7. The molecule has 0 radical (unpaired) electrons. The number of likely N-dealkylation sites (tertiary alicyclic amines) is 1. The van der Waals surface area contributed by atoms with Gasteiger partial charge >= 0.3 is 0 Å². The Bertz CT molecular complexity index is 1510. The molecule has 0 spiro atoms. The third kappa shape index (κ3) is 5.38. The molecule has 1 atom stereocenters. The Labute approximate surface area is 227 Å². The second-order valence-electron chi connectivity index (χ2n) is 9.30. The van der Waals surface area contributed by atoms with Crippen molar-refractivity contribution in [2.45, 2.75) is 26.1 Å². The fourth-order valence-electron chi connectivity index (χ4n) is 4.66. The lowest BCUT2D eigenvalue weighted by Gasteiger charge is -2.25. The molecule has 39 heavy (non-hydrogen) atoms. The Balaban J connectivity index is 1.48. The van der Waals surface area contributed by atoms with Crippen molar-refractivity contribution in [2.75, 3.05) is 7.11 Å². The normalized spacial score (nSPS) is 16.4. The molecule has 7 nitrogen and oxygen atoms in total. The third-order valence-electron chi connectivity index (χ3n) is 6.86. The number of hydrogen-bond acceptors (Lipinski definition) is 6. The number of rotatable bonds is 8. The van der Waals surface area contributed by atoms with Crippen molar-refractivity contribution in [3.05, 3.63) is 131 Å². The topological polar surface area (TPSA) is 89.0 Å². The number of benzene rings is 3. The van der Waals surface area contributed by atoms with E-state index < -0.39 is 17.7 Å². The minimum absolute atomic E-state index is 0.0350. The SMILES string of the molecule is COc1ccc(C2C(=C(O)c3ccc(OCc4ccccc4C)cc3)C(=O)C(=O)N2Cc2ccncc2)cc1. The number of methoxy groups -OCH3 is 1. The number of aliphatic hydroxyl groups excluding tert-OH is 1. The molecule has 0 saturated carbocycles. The number of ketones is 1. The Morgan fingerprint density at radius 2 is 1.56 bits per heavy atom. The van der Waals surface area contributed by atoms with Gasteiger partial charge in [-0.25, -0.2) is 0 Å². The van der Waals surface area contributed by atoms with Gasteiger partial charge in [-0.1, -0.05) is 36.4 Å². The van der Waals surface area contributed by atoms with Gasteiger partial charge in [-0.15, -0.1) is 0 Å². The van der Waals surface area contributed by atoms with Crippen LogP contribution in [0.5, 0.6) is 11.5 Å². The van der Waals surface area contributed by atoms with Gasteiger partial charge in [-0.3, -0.25) is 14.6 Å². The minimum Gasteiger partial charge on any atom is -0.507 e. The van der Waals surface area contributed by atoms with Crippen LogP contribution in [0.4, 0.5) is 0 Å². The molecule has 1 amide bonds. The van der Waals surface area contributed by atoms with Gasteiger partial charge in [0.15, 0.2) is 0 Å². The molecule has 3 aromatic carbocycles. The van der Waals surface area contributed by atoms with Gasteiger partial charge in [0.25, 0.3) is 11.7 Å². The number of carbonyl (C=O) groups excluding carboxylic acids is 2. The van der Waals surface area contributed by atoms with E-state index in [4.69, 9.17) is 9.47 Å². The van der Waals surface area contributed by atoms with Crippen LogP contribution in [-0.2, 0) is 22.7 Å². The van der Waals surface area contributed by atoms with Gasteiger partial charge in [0.1, 0.15) is 23.9 Å². The molecule has 1 fully saturated rings. The maximum Gasteiger partial charge on any atom is 0.295 e. The van der Waals surface area contributed by atoms with Gasteiger partial charge in [-0.2, -0.15) is 0 Å². The summed E-state index contributed by atoms with van der Waals surface area (Å²) in [4.78, 5) is 32.1. The predicted molar refractivity (Wildman–Crippen MR) is 147 cm³/mol. The van der Waals surface area contributed by atoms with E-state index in [0.29, 0.717) is 29.2 Å². The van der Waals surface area contributed by atoms with E-state index in [1.165, 1.54) is 4.90 Å². The van der Waals surface area contributed by atoms with Crippen LogP contribution < -0.4 is 9.47 Å². The molecule has 7 heteroatoms. The maximum atomic E-state index is 13.3. The number of Topliss-reactive ketones (excluding diaryl/α,β-unsaturated/α-hetero) is 1. The molecular weight excluding hydrogens is 492 g/mol. The summed E-state index contributed by atoms with van der Waals surface area (Å²) in [5, 5.41) is 11.4. The highest BCUT2D eigenvalue weighted by molar-refractivity contribution is 6.46. The van der Waals surface area contributed by atoms with Gasteiger partial charge in [0.2, 0.25) is 0 Å². The number of nitrogens with zero attached hydrogens (tertiary/aromatic N) is 2. The largest absolute Gasteiger partial charge is 0.507 e. The second kappa shape index (κ2) is 11.2. The Hall–Kier alpha value is -4.91. The van der Waals surface area contributed by atoms with E-state index in [0.717, 1.165) is 16.7 Å². The van der Waals surface area contributed by atoms with Crippen molar-refractivity contribution >= 4 is 17.4 Å². The quantitative estimate of drug-likeness (QED) is 0.185. The lowest BCUT2D eigenvalue weighted by molar-refractivity contribution is -0.140. The smallest absolute Gasteiger partial charge is 0.295 e. The fraction of sp³-hybridized carbons (Fsp3) is 0.156. The van der Waals surface area contributed by atoms with Crippen molar-refractivity contribution in [3.63, 3.8) is 0 Å². The van der Waals surface area contributed by atoms with Crippen molar-refractivity contribution in [2.24, 2.45) is 0 Å². The van der Waals surface area contributed by atoms with Crippen molar-refractivity contribution in [1.82, 2.24) is 9.88 Å². The van der Waals surface area contributed by atoms with Crippen LogP contribution in [0.25, 0.3) is 5.76 Å². The first-order chi connectivity index (χ1) is 19.0. The summed E-state index contributed by atoms with van der Waals surface area (Å²) in [6.45, 7) is 2.63. The van der Waals surface area contributed by atoms with Gasteiger partial charge in [-0.05, 0) is 77.7 Å². The van der Waals surface area contributed by atoms with Crippen LogP contribution >= 0.6 is 0 Å². The molecule has 5 rings (SSSR count). The monoisotopic (exact) mass is 520 g/mol. The molecule has 0 bridgehead atoms. The summed E-state index contributed by atoms with van der Waals surface area (Å²) < 4.78 is 11.2. The lowest BCUT2D eigenvalue weighted by atomic mass is 9.95. The minimum atomic E-state index is -0.777. The summed E-state index contributed by atoms with van der Waals surface area (Å²) in [5.41, 5.74) is 4.18. The molecular formula is C32H28N2O5. The number of amides is 1. The highest BCUT2D eigenvalue weighted by atomic mass is 16.5. The van der Waals surface area contributed by atoms with E-state index in [9.17, 15) is 14.7 Å². The first kappa shape index (κ1) is 25.7. The highest BCUT2D eigenvalue weighted by Crippen LogP contribution is 2.40. The fourth-order valence-corrected chi connectivity index (χ4v) is 4.66. The van der Waals surface area contributed by atoms with E-state index in [1.54, 1.807) is 80.2 Å². The van der Waals surface area contributed by atoms with Crippen LogP contribution in [0.2, 0.25) is 0 Å². The van der Waals surface area contributed by atoms with Crippen LogP contribution in [0.15, 0.2) is 103 Å². The van der Waals surface area contributed by atoms with Gasteiger partial charge in [0, 0.05) is 24.5 Å². The number of aromatic nitrogens is 1. The summed E-state index contributed by atoms with van der Waals surface area (Å²) in [5.74, 6) is -0.378. The molecule has 1 aromatic heterocycles. The number of aliphatic hydroxyl groups is 1. The molecule has 196 valence electrons. The molecule has 0 aliphatic carbocycles. The van der Waals surface area contributed by atoms with Crippen LogP contribution in [0.3, 0.4) is 0 Å². The molecule has 1 unspecified atom stereocenters. The maximum absolute atomic E-state index is 13.3. The van der Waals surface area contributed by atoms with Crippen LogP contribution in [0, 0.1) is 6.92 Å². The summed E-state index contributed by atoms with van der Waals surface area (Å²) in [6, 6.07) is 24.8. The zero-order valence-electron chi connectivity index (χ0n) is 21.7. The van der Waals surface area contributed by atoms with E-state index in [2.05, 4.69) is 4.98 Å². The Morgan fingerprint density at radius 1 is 0.897 bits per heavy atom. The van der Waals surface area contributed by atoms with E-state index in [1.807, 2.05) is 31.2 Å². The molecule has 1 N–H and O–H groups in total. The Morgan fingerprint density at radius 3 is 2.23 bits per heavy atom. The average molecular weight is 521 g/mol. The number of hydrogen-bond donors (Lipinski definition) is 1.